The minimum Gasteiger partial charge on any atom is -0.497 e. The Morgan fingerprint density at radius 2 is 2.18 bits per heavy atom. The molecule has 0 saturated heterocycles. The molecule has 0 spiro atoms. The van der Waals surface area contributed by atoms with Crippen LogP contribution in [0.15, 0.2) is 48.3 Å². The summed E-state index contributed by atoms with van der Waals surface area (Å²) in [7, 11) is 1.61. The van der Waals surface area contributed by atoms with E-state index in [2.05, 4.69) is 15.3 Å². The quantitative estimate of drug-likeness (QED) is 0.733. The summed E-state index contributed by atoms with van der Waals surface area (Å²) in [4.78, 5) is 34.1. The van der Waals surface area contributed by atoms with Gasteiger partial charge in [0.2, 0.25) is 11.8 Å². The molecule has 2 amide bonds. The predicted molar refractivity (Wildman–Crippen MR) is 107 cm³/mol. The highest BCUT2D eigenvalue weighted by Gasteiger charge is 2.25. The number of carbonyl (C=O) groups excluding carboxylic acids is 2. The van der Waals surface area contributed by atoms with E-state index in [4.69, 9.17) is 4.74 Å². The molecule has 0 unspecified atom stereocenters. The number of aromatic nitrogens is 2. The lowest BCUT2D eigenvalue weighted by Crippen LogP contribution is -2.35. The molecular weight excluding hydrogens is 356 g/mol. The fourth-order valence-corrected chi connectivity index (χ4v) is 3.39. The van der Waals surface area contributed by atoms with Crippen molar-refractivity contribution in [2.45, 2.75) is 13.5 Å². The van der Waals surface area contributed by atoms with Crippen molar-refractivity contribution in [3.05, 3.63) is 59.4 Å². The van der Waals surface area contributed by atoms with Gasteiger partial charge in [-0.2, -0.15) is 0 Å². The Kier molecular flexibility index (Phi) is 4.57. The number of ether oxygens (including phenoxy) is 1. The van der Waals surface area contributed by atoms with Gasteiger partial charge < -0.3 is 19.9 Å². The Labute approximate surface area is 162 Å². The Morgan fingerprint density at radius 3 is 2.96 bits per heavy atom. The van der Waals surface area contributed by atoms with Crippen LogP contribution in [0.1, 0.15) is 18.1 Å². The third kappa shape index (κ3) is 3.22. The summed E-state index contributed by atoms with van der Waals surface area (Å²) in [6.07, 6.45) is 5.27. The first-order valence-corrected chi connectivity index (χ1v) is 8.92. The fraction of sp³-hybridized carbons (Fsp3) is 0.190. The molecule has 0 bridgehead atoms. The van der Waals surface area contributed by atoms with Gasteiger partial charge in [0.05, 0.1) is 19.3 Å². The zero-order valence-electron chi connectivity index (χ0n) is 15.7. The third-order valence-electron chi connectivity index (χ3n) is 4.79. The molecule has 0 saturated carbocycles. The fourth-order valence-electron chi connectivity index (χ4n) is 3.39. The van der Waals surface area contributed by atoms with Crippen LogP contribution in [0.4, 0.5) is 5.69 Å². The maximum atomic E-state index is 12.9. The standard InChI is InChI=1S/C21H20N4O3/c1-13(26)25-12-16(9-15-11-23-20-19(15)18(25)6-7-22-20)21(27)24-10-14-4-3-5-17(8-14)28-2/h3-9,11H,10,12H2,1-2H3,(H,22,23)(H,24,27). The molecule has 2 N–H and O–H groups in total. The van der Waals surface area contributed by atoms with E-state index < -0.39 is 0 Å². The van der Waals surface area contributed by atoms with E-state index in [0.29, 0.717) is 17.8 Å². The van der Waals surface area contributed by atoms with Gasteiger partial charge in [-0.05, 0) is 29.8 Å². The topological polar surface area (TPSA) is 87.3 Å². The second-order valence-electron chi connectivity index (χ2n) is 6.61. The van der Waals surface area contributed by atoms with Crippen molar-refractivity contribution in [3.63, 3.8) is 0 Å². The van der Waals surface area contributed by atoms with Gasteiger partial charge in [0.25, 0.3) is 0 Å². The number of nitrogens with zero attached hydrogens (tertiary/aromatic N) is 2. The van der Waals surface area contributed by atoms with Gasteiger partial charge in [-0.25, -0.2) is 4.98 Å². The normalized spacial score (nSPS) is 13.1. The summed E-state index contributed by atoms with van der Waals surface area (Å²) in [6, 6.07) is 9.32. The van der Waals surface area contributed by atoms with Crippen LogP contribution in [0, 0.1) is 0 Å². The zero-order chi connectivity index (χ0) is 19.7. The van der Waals surface area contributed by atoms with Crippen LogP contribution in [0.25, 0.3) is 17.1 Å². The molecule has 3 heterocycles. The lowest BCUT2D eigenvalue weighted by atomic mass is 10.1. The molecule has 3 aromatic rings. The molecule has 1 aromatic carbocycles. The lowest BCUT2D eigenvalue weighted by molar-refractivity contribution is -0.117. The van der Waals surface area contributed by atoms with Crippen LogP contribution in [-0.2, 0) is 16.1 Å². The summed E-state index contributed by atoms with van der Waals surface area (Å²) < 4.78 is 5.22. The summed E-state index contributed by atoms with van der Waals surface area (Å²) in [6.45, 7) is 2.06. The first-order chi connectivity index (χ1) is 13.6. The number of carbonyl (C=O) groups is 2. The number of amides is 2. The largest absolute Gasteiger partial charge is 0.497 e. The molecule has 0 atom stereocenters. The predicted octanol–water partition coefficient (Wildman–Crippen LogP) is 2.64. The number of hydrogen-bond donors (Lipinski definition) is 2. The van der Waals surface area contributed by atoms with Crippen molar-refractivity contribution >= 4 is 34.6 Å². The van der Waals surface area contributed by atoms with Crippen LogP contribution < -0.4 is 15.0 Å². The second kappa shape index (κ2) is 7.19. The highest BCUT2D eigenvalue weighted by atomic mass is 16.5. The molecule has 1 aliphatic heterocycles. The highest BCUT2D eigenvalue weighted by Crippen LogP contribution is 2.33. The molecule has 2 aromatic heterocycles. The SMILES string of the molecule is COc1cccc(CNC(=O)C2=Cc3c[nH]c4nccc(c34)N(C(C)=O)C2)c1. The van der Waals surface area contributed by atoms with E-state index in [-0.39, 0.29) is 18.4 Å². The van der Waals surface area contributed by atoms with Crippen molar-refractivity contribution in [2.75, 3.05) is 18.6 Å². The molecule has 1 aliphatic rings. The van der Waals surface area contributed by atoms with Gasteiger partial charge in [0, 0.05) is 42.4 Å². The van der Waals surface area contributed by atoms with Crippen LogP contribution >= 0.6 is 0 Å². The van der Waals surface area contributed by atoms with E-state index in [9.17, 15) is 9.59 Å². The lowest BCUT2D eigenvalue weighted by Gasteiger charge is -2.21. The minimum atomic E-state index is -0.218. The van der Waals surface area contributed by atoms with Crippen LogP contribution in [0.3, 0.4) is 0 Å². The number of pyridine rings is 1. The second-order valence-corrected chi connectivity index (χ2v) is 6.61. The van der Waals surface area contributed by atoms with Gasteiger partial charge in [0.1, 0.15) is 11.4 Å². The summed E-state index contributed by atoms with van der Waals surface area (Å²) in [5.41, 5.74) is 3.72. The minimum absolute atomic E-state index is 0.131. The molecule has 0 fully saturated rings. The van der Waals surface area contributed by atoms with Crippen molar-refractivity contribution in [2.24, 2.45) is 0 Å². The zero-order valence-corrected chi connectivity index (χ0v) is 15.7. The van der Waals surface area contributed by atoms with E-state index in [1.54, 1.807) is 30.5 Å². The van der Waals surface area contributed by atoms with Crippen molar-refractivity contribution in [1.29, 1.82) is 0 Å². The summed E-state index contributed by atoms with van der Waals surface area (Å²) >= 11 is 0. The Morgan fingerprint density at radius 1 is 1.32 bits per heavy atom. The molecule has 0 radical (unpaired) electrons. The first kappa shape index (κ1) is 17.8. The maximum absolute atomic E-state index is 12.9. The number of benzene rings is 1. The van der Waals surface area contributed by atoms with Gasteiger partial charge >= 0.3 is 0 Å². The summed E-state index contributed by atoms with van der Waals surface area (Å²) in [5.74, 6) is 0.387. The van der Waals surface area contributed by atoms with Crippen molar-refractivity contribution < 1.29 is 14.3 Å². The molecule has 7 nitrogen and oxygen atoms in total. The van der Waals surface area contributed by atoms with Gasteiger partial charge in [-0.1, -0.05) is 12.1 Å². The van der Waals surface area contributed by atoms with E-state index in [1.165, 1.54) is 6.92 Å². The van der Waals surface area contributed by atoms with Crippen molar-refractivity contribution in [1.82, 2.24) is 15.3 Å². The highest BCUT2D eigenvalue weighted by molar-refractivity contribution is 6.10. The Balaban J connectivity index is 1.62. The number of aromatic amines is 1. The Hall–Kier alpha value is -3.61. The molecule has 4 rings (SSSR count). The summed E-state index contributed by atoms with van der Waals surface area (Å²) in [5, 5.41) is 3.77. The Bertz CT molecular complexity index is 1100. The van der Waals surface area contributed by atoms with Gasteiger partial charge in [0.15, 0.2) is 0 Å². The average Bonchev–Trinajstić information content (AvgIpc) is 3.03. The molecular formula is C21H20N4O3. The average molecular weight is 376 g/mol. The van der Waals surface area contributed by atoms with Crippen molar-refractivity contribution in [3.8, 4) is 5.75 Å². The third-order valence-corrected chi connectivity index (χ3v) is 4.79. The molecule has 142 valence electrons. The number of H-pyrrole nitrogens is 1. The number of nitrogens with one attached hydrogen (secondary N) is 2. The van der Waals surface area contributed by atoms with E-state index in [0.717, 1.165) is 28.0 Å². The smallest absolute Gasteiger partial charge is 0.249 e. The number of hydrogen-bond acceptors (Lipinski definition) is 4. The monoisotopic (exact) mass is 376 g/mol. The maximum Gasteiger partial charge on any atom is 0.249 e. The van der Waals surface area contributed by atoms with Crippen LogP contribution in [0.2, 0.25) is 0 Å². The number of rotatable bonds is 4. The van der Waals surface area contributed by atoms with E-state index in [1.807, 2.05) is 30.3 Å². The molecule has 0 aliphatic carbocycles. The number of methoxy groups -OCH3 is 1. The van der Waals surface area contributed by atoms with E-state index >= 15 is 0 Å². The van der Waals surface area contributed by atoms with Gasteiger partial charge in [-0.3, -0.25) is 9.59 Å². The molecule has 7 heteroatoms. The molecule has 28 heavy (non-hydrogen) atoms. The number of anilines is 1. The van der Waals surface area contributed by atoms with Crippen LogP contribution in [0.5, 0.6) is 5.75 Å². The van der Waals surface area contributed by atoms with Gasteiger partial charge in [-0.15, -0.1) is 0 Å². The first-order valence-electron chi connectivity index (χ1n) is 8.92. The van der Waals surface area contributed by atoms with Crippen LogP contribution in [-0.4, -0.2) is 35.4 Å².